The van der Waals surface area contributed by atoms with Gasteiger partial charge in [-0.3, -0.25) is 4.79 Å². The Hall–Kier alpha value is -0.880. The van der Waals surface area contributed by atoms with Crippen molar-refractivity contribution in [2.45, 2.75) is 37.8 Å². The van der Waals surface area contributed by atoms with Gasteiger partial charge in [-0.05, 0) is 36.7 Å². The minimum atomic E-state index is -1.08. The van der Waals surface area contributed by atoms with Gasteiger partial charge < -0.3 is 14.6 Å². The molecule has 5 nitrogen and oxygen atoms in total. The number of rotatable bonds is 6. The van der Waals surface area contributed by atoms with Crippen molar-refractivity contribution < 1.29 is 24.2 Å². The van der Waals surface area contributed by atoms with Crippen LogP contribution in [0.25, 0.3) is 0 Å². The molecule has 1 atom stereocenters. The summed E-state index contributed by atoms with van der Waals surface area (Å²) in [6, 6.07) is 0. The molecule has 98 valence electrons. The molecule has 0 rings (SSSR count). The van der Waals surface area contributed by atoms with E-state index in [2.05, 4.69) is 27.2 Å². The lowest BCUT2D eigenvalue weighted by atomic mass is 10.2. The van der Waals surface area contributed by atoms with E-state index in [4.69, 9.17) is 4.74 Å². The van der Waals surface area contributed by atoms with Crippen LogP contribution in [-0.4, -0.2) is 34.3 Å². The van der Waals surface area contributed by atoms with Crippen LogP contribution in [0.3, 0.4) is 0 Å². The van der Waals surface area contributed by atoms with Crippen molar-refractivity contribution in [3.05, 3.63) is 12.2 Å². The van der Waals surface area contributed by atoms with Gasteiger partial charge in [-0.25, -0.2) is 4.79 Å². The predicted octanol–water partition coefficient (Wildman–Crippen LogP) is 1.53. The average Bonchev–Trinajstić information content (AvgIpc) is 2.10. The van der Waals surface area contributed by atoms with Crippen LogP contribution in [0.1, 0.15) is 27.2 Å². The molecule has 0 aliphatic carbocycles. The van der Waals surface area contributed by atoms with Gasteiger partial charge in [0.1, 0.15) is 6.61 Å². The number of hydrogen-bond donors (Lipinski definition) is 1. The van der Waals surface area contributed by atoms with E-state index in [9.17, 15) is 14.7 Å². The van der Waals surface area contributed by atoms with E-state index in [0.717, 1.165) is 0 Å². The second-order valence-corrected chi connectivity index (χ2v) is 5.98. The first-order valence-electron chi connectivity index (χ1n) is 5.03. The predicted molar refractivity (Wildman–Crippen MR) is 65.5 cm³/mol. The van der Waals surface area contributed by atoms with Crippen molar-refractivity contribution in [3.63, 3.8) is 0 Å². The van der Waals surface area contributed by atoms with Gasteiger partial charge in [0.15, 0.2) is 4.51 Å². The topological polar surface area (TPSA) is 72.8 Å². The molecule has 0 heterocycles. The van der Waals surface area contributed by atoms with Gasteiger partial charge in [-0.15, -0.1) is 0 Å². The minimum Gasteiger partial charge on any atom is -0.460 e. The highest BCUT2D eigenvalue weighted by Crippen LogP contribution is 2.18. The number of ether oxygens (including phenoxy) is 2. The number of aliphatic hydroxyl groups is 1. The van der Waals surface area contributed by atoms with E-state index in [1.165, 1.54) is 6.92 Å². The van der Waals surface area contributed by atoms with Crippen molar-refractivity contribution in [2.24, 2.45) is 0 Å². The monoisotopic (exact) mass is 308 g/mol. The van der Waals surface area contributed by atoms with Crippen molar-refractivity contribution in [2.75, 3.05) is 6.61 Å². The van der Waals surface area contributed by atoms with Crippen LogP contribution in [0, 0.1) is 0 Å². The molecular weight excluding hydrogens is 292 g/mol. The van der Waals surface area contributed by atoms with Gasteiger partial charge in [-0.2, -0.15) is 0 Å². The highest BCUT2D eigenvalue weighted by atomic mass is 79.9. The molecule has 0 amide bonds. The van der Waals surface area contributed by atoms with E-state index < -0.39 is 22.6 Å². The molecule has 0 bridgehead atoms. The first-order chi connectivity index (χ1) is 7.61. The molecule has 0 saturated heterocycles. The second kappa shape index (κ2) is 6.76. The van der Waals surface area contributed by atoms with Gasteiger partial charge in [0.25, 0.3) is 0 Å². The molecule has 0 saturated carbocycles. The number of alkyl halides is 1. The molecule has 17 heavy (non-hydrogen) atoms. The first-order valence-corrected chi connectivity index (χ1v) is 5.82. The Kier molecular flexibility index (Phi) is 6.41. The number of hydrogen-bond acceptors (Lipinski definition) is 5. The summed E-state index contributed by atoms with van der Waals surface area (Å²) in [6.07, 6.45) is -1.32. The maximum absolute atomic E-state index is 11.3. The third-order valence-corrected chi connectivity index (χ3v) is 1.68. The van der Waals surface area contributed by atoms with Crippen LogP contribution in [0.15, 0.2) is 12.2 Å². The van der Waals surface area contributed by atoms with Crippen LogP contribution in [0.4, 0.5) is 0 Å². The molecule has 0 aliphatic rings. The fourth-order valence-corrected chi connectivity index (χ4v) is 1.04. The van der Waals surface area contributed by atoms with Crippen LogP contribution in [0.5, 0.6) is 0 Å². The SMILES string of the molecule is C=C(C)C(=O)OCC(O)CC(=O)OC(C)(C)Br. The Morgan fingerprint density at radius 3 is 2.41 bits per heavy atom. The lowest BCUT2D eigenvalue weighted by Crippen LogP contribution is -2.27. The quantitative estimate of drug-likeness (QED) is 0.458. The van der Waals surface area contributed by atoms with E-state index in [-0.39, 0.29) is 18.6 Å². The summed E-state index contributed by atoms with van der Waals surface area (Å²) in [5.74, 6) is -1.18. The van der Waals surface area contributed by atoms with E-state index in [1.54, 1.807) is 13.8 Å². The van der Waals surface area contributed by atoms with Crippen molar-refractivity contribution in [1.82, 2.24) is 0 Å². The molecule has 0 aromatic rings. The van der Waals surface area contributed by atoms with E-state index in [0.29, 0.717) is 0 Å². The Morgan fingerprint density at radius 1 is 1.47 bits per heavy atom. The maximum Gasteiger partial charge on any atom is 0.333 e. The Bertz CT molecular complexity index is 305. The molecule has 0 aliphatic heterocycles. The highest BCUT2D eigenvalue weighted by molar-refractivity contribution is 9.10. The summed E-state index contributed by atoms with van der Waals surface area (Å²) in [5, 5.41) is 9.42. The molecule has 0 fully saturated rings. The van der Waals surface area contributed by atoms with E-state index >= 15 is 0 Å². The minimum absolute atomic E-state index is 0.237. The van der Waals surface area contributed by atoms with Crippen molar-refractivity contribution in [3.8, 4) is 0 Å². The summed E-state index contributed by atoms with van der Waals surface area (Å²) in [5.41, 5.74) is 0.237. The number of halogens is 1. The molecule has 0 aromatic carbocycles. The van der Waals surface area contributed by atoms with Crippen LogP contribution in [-0.2, 0) is 19.1 Å². The smallest absolute Gasteiger partial charge is 0.333 e. The summed E-state index contributed by atoms with van der Waals surface area (Å²) in [6.45, 7) is 7.93. The number of carbonyl (C=O) groups is 2. The van der Waals surface area contributed by atoms with Gasteiger partial charge in [-0.1, -0.05) is 6.58 Å². The molecule has 0 radical (unpaired) electrons. The lowest BCUT2D eigenvalue weighted by molar-refractivity contribution is -0.154. The van der Waals surface area contributed by atoms with Gasteiger partial charge >= 0.3 is 11.9 Å². The molecule has 6 heteroatoms. The highest BCUT2D eigenvalue weighted by Gasteiger charge is 2.21. The Morgan fingerprint density at radius 2 is 2.00 bits per heavy atom. The standard InChI is InChI=1S/C11H17BrO5/c1-7(2)10(15)16-6-8(13)5-9(14)17-11(3,4)12/h8,13H,1,5-6H2,2-4H3. The summed E-state index contributed by atoms with van der Waals surface area (Å²) >= 11 is 3.13. The van der Waals surface area contributed by atoms with Crippen molar-refractivity contribution in [1.29, 1.82) is 0 Å². The van der Waals surface area contributed by atoms with Crippen molar-refractivity contribution >= 4 is 27.9 Å². The summed E-state index contributed by atoms with van der Waals surface area (Å²) < 4.78 is 8.83. The molecule has 0 spiro atoms. The summed E-state index contributed by atoms with van der Waals surface area (Å²) in [7, 11) is 0. The molecule has 1 N–H and O–H groups in total. The zero-order valence-electron chi connectivity index (χ0n) is 10.2. The third-order valence-electron chi connectivity index (χ3n) is 1.51. The van der Waals surface area contributed by atoms with Gasteiger partial charge in [0, 0.05) is 5.57 Å². The fraction of sp³-hybridized carbons (Fsp3) is 0.636. The van der Waals surface area contributed by atoms with Crippen LogP contribution < -0.4 is 0 Å². The molecule has 0 aromatic heterocycles. The van der Waals surface area contributed by atoms with Crippen LogP contribution >= 0.6 is 15.9 Å². The largest absolute Gasteiger partial charge is 0.460 e. The number of aliphatic hydroxyl groups excluding tert-OH is 1. The Balaban J connectivity index is 3.94. The normalized spacial score (nSPS) is 12.8. The molecule has 1 unspecified atom stereocenters. The van der Waals surface area contributed by atoms with Crippen LogP contribution in [0.2, 0.25) is 0 Å². The maximum atomic E-state index is 11.3. The van der Waals surface area contributed by atoms with Gasteiger partial charge in [0.05, 0.1) is 12.5 Å². The van der Waals surface area contributed by atoms with E-state index in [1.807, 2.05) is 0 Å². The number of carbonyl (C=O) groups excluding carboxylic acids is 2. The second-order valence-electron chi connectivity index (χ2n) is 4.07. The number of esters is 2. The third kappa shape index (κ3) is 8.88. The zero-order chi connectivity index (χ0) is 13.6. The average molecular weight is 309 g/mol. The zero-order valence-corrected chi connectivity index (χ0v) is 11.7. The van der Waals surface area contributed by atoms with Gasteiger partial charge in [0.2, 0.25) is 0 Å². The first kappa shape index (κ1) is 16.1. The fourth-order valence-electron chi connectivity index (χ4n) is 0.859. The summed E-state index contributed by atoms with van der Waals surface area (Å²) in [4.78, 5) is 22.3. The molecular formula is C11H17BrO5. The Labute approximate surface area is 109 Å². The lowest BCUT2D eigenvalue weighted by Gasteiger charge is -2.18.